The van der Waals surface area contributed by atoms with Crippen molar-refractivity contribution >= 4 is 17.6 Å². The molecule has 0 aliphatic rings. The largest absolute Gasteiger partial charge is 0.487 e. The Morgan fingerprint density at radius 2 is 2.15 bits per heavy atom. The lowest BCUT2D eigenvalue weighted by molar-refractivity contribution is 0.0520. The van der Waals surface area contributed by atoms with E-state index in [1.807, 2.05) is 29.7 Å². The van der Waals surface area contributed by atoms with Gasteiger partial charge in [-0.1, -0.05) is 23.7 Å². The van der Waals surface area contributed by atoms with Crippen molar-refractivity contribution in [1.82, 2.24) is 19.7 Å². The molecule has 8 heteroatoms. The highest BCUT2D eigenvalue weighted by molar-refractivity contribution is 6.32. The number of carbonyl (C=O) groups excluding carboxylic acids is 1. The van der Waals surface area contributed by atoms with Crippen molar-refractivity contribution in [2.45, 2.75) is 26.5 Å². The van der Waals surface area contributed by atoms with Crippen molar-refractivity contribution in [3.63, 3.8) is 0 Å². The van der Waals surface area contributed by atoms with Crippen LogP contribution in [0.1, 0.15) is 24.3 Å². The first-order valence-corrected chi connectivity index (χ1v) is 8.60. The van der Waals surface area contributed by atoms with Crippen LogP contribution in [0, 0.1) is 0 Å². The molecular formula is C18H19ClN4O3. The molecule has 0 radical (unpaired) electrons. The summed E-state index contributed by atoms with van der Waals surface area (Å²) in [5.74, 6) is 0.173. The number of hydrogen-bond acceptors (Lipinski definition) is 5. The smallest absolute Gasteiger partial charge is 0.357 e. The van der Waals surface area contributed by atoms with Crippen molar-refractivity contribution < 1.29 is 14.3 Å². The van der Waals surface area contributed by atoms with E-state index < -0.39 is 5.97 Å². The van der Waals surface area contributed by atoms with Crippen LogP contribution in [0.15, 0.2) is 43.0 Å². The van der Waals surface area contributed by atoms with Gasteiger partial charge in [-0.3, -0.25) is 5.10 Å². The van der Waals surface area contributed by atoms with E-state index >= 15 is 0 Å². The van der Waals surface area contributed by atoms with Gasteiger partial charge in [0.15, 0.2) is 5.69 Å². The van der Waals surface area contributed by atoms with E-state index in [9.17, 15) is 4.79 Å². The van der Waals surface area contributed by atoms with Crippen LogP contribution in [0.25, 0.3) is 11.3 Å². The zero-order valence-corrected chi connectivity index (χ0v) is 15.2. The zero-order valence-electron chi connectivity index (χ0n) is 14.5. The van der Waals surface area contributed by atoms with Gasteiger partial charge in [0.05, 0.1) is 48.2 Å². The molecule has 0 saturated heterocycles. The highest BCUT2D eigenvalue weighted by Crippen LogP contribution is 2.26. The predicted molar refractivity (Wildman–Crippen MR) is 97.3 cm³/mol. The second-order valence-electron chi connectivity index (χ2n) is 5.67. The third-order valence-electron chi connectivity index (χ3n) is 3.73. The lowest BCUT2D eigenvalue weighted by atomic mass is 10.2. The van der Waals surface area contributed by atoms with Crippen LogP contribution in [0.5, 0.6) is 5.75 Å². The molecule has 0 amide bonds. The second-order valence-corrected chi connectivity index (χ2v) is 6.08. The molecule has 0 aliphatic heterocycles. The molecule has 3 aromatic rings. The first-order valence-electron chi connectivity index (χ1n) is 8.22. The third-order valence-corrected chi connectivity index (χ3v) is 4.04. The second kappa shape index (κ2) is 8.05. The maximum absolute atomic E-state index is 12.1. The van der Waals surface area contributed by atoms with Crippen LogP contribution in [0.2, 0.25) is 5.02 Å². The van der Waals surface area contributed by atoms with Gasteiger partial charge in [-0.25, -0.2) is 9.78 Å². The van der Waals surface area contributed by atoms with Gasteiger partial charge >= 0.3 is 5.97 Å². The molecule has 0 aliphatic carbocycles. The molecule has 1 atom stereocenters. The third kappa shape index (κ3) is 3.88. The number of para-hydroxylation sites is 1. The number of halogens is 1. The number of H-pyrrole nitrogens is 1. The Bertz CT molecular complexity index is 890. The van der Waals surface area contributed by atoms with Crippen LogP contribution in [0.4, 0.5) is 0 Å². The lowest BCUT2D eigenvalue weighted by Crippen LogP contribution is -2.20. The monoisotopic (exact) mass is 374 g/mol. The summed E-state index contributed by atoms with van der Waals surface area (Å²) >= 11 is 6.14. The number of nitrogens with one attached hydrogen (secondary N) is 1. The molecule has 0 spiro atoms. The molecular weight excluding hydrogens is 356 g/mol. The number of aromatic amines is 1. The summed E-state index contributed by atoms with van der Waals surface area (Å²) in [7, 11) is 0. The fourth-order valence-electron chi connectivity index (χ4n) is 2.60. The summed E-state index contributed by atoms with van der Waals surface area (Å²) in [6, 6.07) is 7.32. The average molecular weight is 375 g/mol. The van der Waals surface area contributed by atoms with Crippen LogP contribution in [0.3, 0.4) is 0 Å². The molecule has 2 heterocycles. The van der Waals surface area contributed by atoms with Crippen LogP contribution >= 0.6 is 11.6 Å². The molecule has 0 fully saturated rings. The average Bonchev–Trinajstić information content (AvgIpc) is 3.25. The van der Waals surface area contributed by atoms with Gasteiger partial charge in [0, 0.05) is 0 Å². The molecule has 0 unspecified atom stereocenters. The van der Waals surface area contributed by atoms with E-state index in [0.717, 1.165) is 5.69 Å². The van der Waals surface area contributed by atoms with E-state index in [4.69, 9.17) is 21.1 Å². The molecule has 1 N–H and O–H groups in total. The van der Waals surface area contributed by atoms with Crippen LogP contribution < -0.4 is 4.74 Å². The number of nitrogens with zero attached hydrogens (tertiary/aromatic N) is 3. The standard InChI is InChI=1S/C18H19ClN4O3/c1-3-25-18(24)17-13(8-21-22-17)15-9-20-11-23(15)10-12(2)26-16-7-5-4-6-14(16)19/h4-9,11-12H,3,10H2,1-2H3,(H,21,22)/t12-/m1/s1. The topological polar surface area (TPSA) is 82.0 Å². The molecule has 3 rings (SSSR count). The quantitative estimate of drug-likeness (QED) is 0.639. The minimum atomic E-state index is -0.451. The van der Waals surface area contributed by atoms with Crippen molar-refractivity contribution in [1.29, 1.82) is 0 Å². The summed E-state index contributed by atoms with van der Waals surface area (Å²) in [4.78, 5) is 16.3. The number of aromatic nitrogens is 4. The Kier molecular flexibility index (Phi) is 5.58. The van der Waals surface area contributed by atoms with Crippen LogP contribution in [-0.2, 0) is 11.3 Å². The Labute approximate surface area is 155 Å². The maximum atomic E-state index is 12.1. The predicted octanol–water partition coefficient (Wildman–Crippen LogP) is 3.57. The molecule has 2 aromatic heterocycles. The SMILES string of the molecule is CCOC(=O)c1[nH]ncc1-c1cncn1C[C@@H](C)Oc1ccccc1Cl. The van der Waals surface area contributed by atoms with Gasteiger partial charge in [0.2, 0.25) is 0 Å². The number of carbonyl (C=O) groups is 1. The molecule has 136 valence electrons. The summed E-state index contributed by atoms with van der Waals surface area (Å²) < 4.78 is 12.9. The fraction of sp³-hybridized carbons (Fsp3) is 0.278. The van der Waals surface area contributed by atoms with E-state index in [1.54, 1.807) is 31.7 Å². The van der Waals surface area contributed by atoms with Gasteiger partial charge in [0.1, 0.15) is 11.9 Å². The van der Waals surface area contributed by atoms with E-state index in [0.29, 0.717) is 35.2 Å². The van der Waals surface area contributed by atoms with Crippen molar-refractivity contribution in [2.75, 3.05) is 6.61 Å². The lowest BCUT2D eigenvalue weighted by Gasteiger charge is -2.17. The van der Waals surface area contributed by atoms with Crippen molar-refractivity contribution in [3.8, 4) is 17.0 Å². The zero-order chi connectivity index (χ0) is 18.5. The first-order chi connectivity index (χ1) is 12.6. The Morgan fingerprint density at radius 1 is 1.35 bits per heavy atom. The van der Waals surface area contributed by atoms with Gasteiger partial charge in [-0.15, -0.1) is 0 Å². The van der Waals surface area contributed by atoms with Gasteiger partial charge < -0.3 is 14.0 Å². The number of imidazole rings is 1. The minimum absolute atomic E-state index is 0.166. The Morgan fingerprint density at radius 3 is 2.92 bits per heavy atom. The maximum Gasteiger partial charge on any atom is 0.357 e. The molecule has 0 bridgehead atoms. The van der Waals surface area contributed by atoms with Gasteiger partial charge in [0.25, 0.3) is 0 Å². The normalized spacial score (nSPS) is 12.0. The fourth-order valence-corrected chi connectivity index (χ4v) is 2.78. The molecule has 0 saturated carbocycles. The summed E-state index contributed by atoms with van der Waals surface area (Å²) in [6.45, 7) is 4.51. The number of rotatable bonds is 7. The van der Waals surface area contributed by atoms with E-state index in [-0.39, 0.29) is 6.10 Å². The summed E-state index contributed by atoms with van der Waals surface area (Å²) in [5, 5.41) is 7.22. The van der Waals surface area contributed by atoms with Gasteiger partial charge in [-0.2, -0.15) is 5.10 Å². The molecule has 1 aromatic carbocycles. The minimum Gasteiger partial charge on any atom is -0.487 e. The van der Waals surface area contributed by atoms with Crippen LogP contribution in [-0.4, -0.2) is 38.4 Å². The summed E-state index contributed by atoms with van der Waals surface area (Å²) in [6.07, 6.45) is 4.78. The number of benzene rings is 1. The highest BCUT2D eigenvalue weighted by Gasteiger charge is 2.20. The van der Waals surface area contributed by atoms with E-state index in [1.165, 1.54) is 0 Å². The molecule has 26 heavy (non-hydrogen) atoms. The highest BCUT2D eigenvalue weighted by atomic mass is 35.5. The van der Waals surface area contributed by atoms with E-state index in [2.05, 4.69) is 15.2 Å². The van der Waals surface area contributed by atoms with Crippen molar-refractivity contribution in [2.24, 2.45) is 0 Å². The Hall–Kier alpha value is -2.80. The van der Waals surface area contributed by atoms with Gasteiger partial charge in [-0.05, 0) is 26.0 Å². The first kappa shape index (κ1) is 18.0. The van der Waals surface area contributed by atoms with Crippen molar-refractivity contribution in [3.05, 3.63) is 53.7 Å². The summed E-state index contributed by atoms with van der Waals surface area (Å²) in [5.41, 5.74) is 1.68. The Balaban J connectivity index is 1.78. The number of esters is 1. The molecule has 7 nitrogen and oxygen atoms in total. The number of hydrogen-bond donors (Lipinski definition) is 1. The number of ether oxygens (including phenoxy) is 2.